The van der Waals surface area contributed by atoms with E-state index in [-0.39, 0.29) is 23.3 Å². The van der Waals surface area contributed by atoms with Gasteiger partial charge in [0.2, 0.25) is 0 Å². The molecule has 3 heterocycles. The predicted octanol–water partition coefficient (Wildman–Crippen LogP) is 3.18. The van der Waals surface area contributed by atoms with Crippen molar-refractivity contribution in [1.29, 1.82) is 0 Å². The second kappa shape index (κ2) is 5.71. The monoisotopic (exact) mass is 303 g/mol. The highest BCUT2D eigenvalue weighted by Crippen LogP contribution is 2.35. The van der Waals surface area contributed by atoms with Crippen molar-refractivity contribution in [3.05, 3.63) is 47.8 Å². The van der Waals surface area contributed by atoms with Crippen molar-refractivity contribution in [2.24, 2.45) is 5.92 Å². The third kappa shape index (κ3) is 2.64. The number of carbonyl (C=O) groups excluding carboxylic acids is 1. The lowest BCUT2D eigenvalue weighted by atomic mass is 9.91. The molecule has 0 aliphatic carbocycles. The first-order valence-corrected chi connectivity index (χ1v) is 7.22. The second-order valence-corrected chi connectivity index (χ2v) is 5.66. The molecule has 2 aromatic heterocycles. The number of furan rings is 2. The average Bonchev–Trinajstić information content (AvgIpc) is 3.18. The fourth-order valence-corrected chi connectivity index (χ4v) is 2.84. The number of piperidine rings is 1. The minimum Gasteiger partial charge on any atom is -0.478 e. The Morgan fingerprint density at radius 2 is 2.18 bits per heavy atom. The highest BCUT2D eigenvalue weighted by molar-refractivity contribution is 5.95. The van der Waals surface area contributed by atoms with Crippen LogP contribution in [-0.2, 0) is 0 Å². The summed E-state index contributed by atoms with van der Waals surface area (Å²) in [4.78, 5) is 25.3. The van der Waals surface area contributed by atoms with Crippen LogP contribution < -0.4 is 0 Å². The maximum Gasteiger partial charge on any atom is 0.338 e. The van der Waals surface area contributed by atoms with Gasteiger partial charge in [-0.05, 0) is 30.9 Å². The van der Waals surface area contributed by atoms with E-state index in [2.05, 4.69) is 6.92 Å². The summed E-state index contributed by atoms with van der Waals surface area (Å²) in [5.74, 6) is -0.141. The molecule has 1 aliphatic heterocycles. The van der Waals surface area contributed by atoms with Crippen molar-refractivity contribution in [3.8, 4) is 0 Å². The Bertz CT molecular complexity index is 673. The zero-order chi connectivity index (χ0) is 15.7. The summed E-state index contributed by atoms with van der Waals surface area (Å²) in [5, 5.41) is 8.93. The van der Waals surface area contributed by atoms with Crippen LogP contribution in [0.4, 0.5) is 0 Å². The molecule has 0 aromatic carbocycles. The molecular weight excluding hydrogens is 286 g/mol. The third-order valence-electron chi connectivity index (χ3n) is 4.05. The Balaban J connectivity index is 1.86. The smallest absolute Gasteiger partial charge is 0.338 e. The molecule has 6 nitrogen and oxygen atoms in total. The summed E-state index contributed by atoms with van der Waals surface area (Å²) in [6.07, 6.45) is 4.39. The van der Waals surface area contributed by atoms with E-state index in [1.807, 2.05) is 6.07 Å². The van der Waals surface area contributed by atoms with E-state index in [1.54, 1.807) is 17.2 Å². The normalized spacial score (nSPS) is 21.8. The second-order valence-electron chi connectivity index (χ2n) is 5.66. The molecule has 3 rings (SSSR count). The van der Waals surface area contributed by atoms with Crippen LogP contribution in [0, 0.1) is 5.92 Å². The van der Waals surface area contributed by atoms with Crippen molar-refractivity contribution in [2.75, 3.05) is 6.54 Å². The Morgan fingerprint density at radius 1 is 1.36 bits per heavy atom. The number of carboxylic acid groups (broad SMARTS) is 1. The van der Waals surface area contributed by atoms with E-state index >= 15 is 0 Å². The number of amides is 1. The maximum atomic E-state index is 12.6. The summed E-state index contributed by atoms with van der Waals surface area (Å²) in [5.41, 5.74) is -0.0247. The molecule has 22 heavy (non-hydrogen) atoms. The molecule has 0 bridgehead atoms. The van der Waals surface area contributed by atoms with E-state index in [0.717, 1.165) is 24.9 Å². The van der Waals surface area contributed by atoms with E-state index in [0.29, 0.717) is 12.5 Å². The molecule has 0 saturated carbocycles. The van der Waals surface area contributed by atoms with Crippen LogP contribution in [0.25, 0.3) is 0 Å². The lowest BCUT2D eigenvalue weighted by Gasteiger charge is -2.36. The number of carboxylic acids is 1. The van der Waals surface area contributed by atoms with Gasteiger partial charge in [0, 0.05) is 12.6 Å². The van der Waals surface area contributed by atoms with Gasteiger partial charge >= 0.3 is 5.97 Å². The molecule has 1 fully saturated rings. The Morgan fingerprint density at radius 3 is 2.82 bits per heavy atom. The van der Waals surface area contributed by atoms with Crippen LogP contribution in [0.15, 0.2) is 39.6 Å². The maximum absolute atomic E-state index is 12.6. The third-order valence-corrected chi connectivity index (χ3v) is 4.05. The number of hydrogen-bond donors (Lipinski definition) is 1. The van der Waals surface area contributed by atoms with Gasteiger partial charge in [0.25, 0.3) is 5.91 Å². The largest absolute Gasteiger partial charge is 0.478 e. The standard InChI is InChI=1S/C16H17NO5/c1-10-4-5-17(12(7-10)13-3-2-6-21-13)15(18)14-8-11(9-22-14)16(19)20/h2-3,6,8-10,12H,4-5,7H2,1H3,(H,19,20). The summed E-state index contributed by atoms with van der Waals surface area (Å²) < 4.78 is 10.6. The first-order valence-electron chi connectivity index (χ1n) is 7.22. The molecule has 1 saturated heterocycles. The molecule has 2 atom stereocenters. The summed E-state index contributed by atoms with van der Waals surface area (Å²) in [6.45, 7) is 2.74. The van der Waals surface area contributed by atoms with Gasteiger partial charge < -0.3 is 18.8 Å². The van der Waals surface area contributed by atoms with Crippen molar-refractivity contribution < 1.29 is 23.5 Å². The van der Waals surface area contributed by atoms with Gasteiger partial charge in [-0.3, -0.25) is 4.79 Å². The minimum atomic E-state index is -1.11. The number of nitrogens with zero attached hydrogens (tertiary/aromatic N) is 1. The van der Waals surface area contributed by atoms with Gasteiger partial charge in [-0.15, -0.1) is 0 Å². The van der Waals surface area contributed by atoms with Gasteiger partial charge in [0.1, 0.15) is 12.0 Å². The summed E-state index contributed by atoms with van der Waals surface area (Å²) in [6, 6.07) is 4.77. The Kier molecular flexibility index (Phi) is 3.75. The zero-order valence-electron chi connectivity index (χ0n) is 12.2. The molecule has 1 N–H and O–H groups in total. The summed E-state index contributed by atoms with van der Waals surface area (Å²) in [7, 11) is 0. The van der Waals surface area contributed by atoms with Crippen LogP contribution in [-0.4, -0.2) is 28.4 Å². The van der Waals surface area contributed by atoms with E-state index in [9.17, 15) is 9.59 Å². The quantitative estimate of drug-likeness (QED) is 0.941. The van der Waals surface area contributed by atoms with Crippen LogP contribution in [0.5, 0.6) is 0 Å². The number of aromatic carboxylic acids is 1. The number of carbonyl (C=O) groups is 2. The topological polar surface area (TPSA) is 83.9 Å². The van der Waals surface area contributed by atoms with E-state index < -0.39 is 5.97 Å². The Hall–Kier alpha value is -2.50. The fraction of sp³-hybridized carbons (Fsp3) is 0.375. The number of hydrogen-bond acceptors (Lipinski definition) is 4. The Labute approximate surface area is 127 Å². The fourth-order valence-electron chi connectivity index (χ4n) is 2.84. The van der Waals surface area contributed by atoms with E-state index in [4.69, 9.17) is 13.9 Å². The highest BCUT2D eigenvalue weighted by Gasteiger charge is 2.34. The predicted molar refractivity (Wildman–Crippen MR) is 76.6 cm³/mol. The molecule has 2 unspecified atom stereocenters. The van der Waals surface area contributed by atoms with Gasteiger partial charge in [0.15, 0.2) is 5.76 Å². The van der Waals surface area contributed by atoms with Crippen molar-refractivity contribution >= 4 is 11.9 Å². The van der Waals surface area contributed by atoms with E-state index in [1.165, 1.54) is 6.07 Å². The van der Waals surface area contributed by atoms with Gasteiger partial charge in [0.05, 0.1) is 17.9 Å². The first kappa shape index (κ1) is 14.4. The lowest BCUT2D eigenvalue weighted by molar-refractivity contribution is 0.0489. The number of likely N-dealkylation sites (tertiary alicyclic amines) is 1. The minimum absolute atomic E-state index is 0.0247. The van der Waals surface area contributed by atoms with Crippen LogP contribution >= 0.6 is 0 Å². The first-order chi connectivity index (χ1) is 10.6. The molecule has 1 aliphatic rings. The van der Waals surface area contributed by atoms with Gasteiger partial charge in [-0.2, -0.15) is 0 Å². The van der Waals surface area contributed by atoms with Crippen LogP contribution in [0.1, 0.15) is 52.5 Å². The number of rotatable bonds is 3. The van der Waals surface area contributed by atoms with Crippen LogP contribution in [0.2, 0.25) is 0 Å². The van der Waals surface area contributed by atoms with Crippen LogP contribution in [0.3, 0.4) is 0 Å². The molecule has 0 spiro atoms. The lowest BCUT2D eigenvalue weighted by Crippen LogP contribution is -2.40. The molecule has 116 valence electrons. The molecule has 0 radical (unpaired) electrons. The van der Waals surface area contributed by atoms with Gasteiger partial charge in [-0.25, -0.2) is 4.79 Å². The zero-order valence-corrected chi connectivity index (χ0v) is 12.2. The molecular formula is C16H17NO5. The van der Waals surface area contributed by atoms with Crippen molar-refractivity contribution in [1.82, 2.24) is 4.90 Å². The summed E-state index contributed by atoms with van der Waals surface area (Å²) >= 11 is 0. The van der Waals surface area contributed by atoms with Crippen molar-refractivity contribution in [2.45, 2.75) is 25.8 Å². The van der Waals surface area contributed by atoms with Crippen molar-refractivity contribution in [3.63, 3.8) is 0 Å². The molecule has 2 aromatic rings. The highest BCUT2D eigenvalue weighted by atomic mass is 16.4. The average molecular weight is 303 g/mol. The van der Waals surface area contributed by atoms with Gasteiger partial charge in [-0.1, -0.05) is 6.92 Å². The SMILES string of the molecule is CC1CCN(C(=O)c2cc(C(=O)O)co2)C(c2ccco2)C1. The molecule has 6 heteroatoms. The molecule has 1 amide bonds.